The summed E-state index contributed by atoms with van der Waals surface area (Å²) in [5.41, 5.74) is 1.27. The molecule has 0 aliphatic carbocycles. The molecule has 1 fully saturated rings. The highest BCUT2D eigenvalue weighted by molar-refractivity contribution is 9.10. The lowest BCUT2D eigenvalue weighted by molar-refractivity contribution is 0.190. The number of sulfone groups is 1. The largest absolute Gasteiger partial charge is 0.390 e. The van der Waals surface area contributed by atoms with Gasteiger partial charge in [-0.3, -0.25) is 0 Å². The number of rotatable bonds is 2. The van der Waals surface area contributed by atoms with Crippen molar-refractivity contribution in [1.29, 1.82) is 0 Å². The maximum absolute atomic E-state index is 13.4. The second-order valence-corrected chi connectivity index (χ2v) is 7.48. The molecule has 0 amide bonds. The Bertz CT molecular complexity index is 576. The van der Waals surface area contributed by atoms with Crippen molar-refractivity contribution in [3.63, 3.8) is 0 Å². The molecule has 0 radical (unpaired) electrons. The molecular weight excluding hydrogens is 325 g/mol. The first kappa shape index (κ1) is 13.8. The molecule has 1 aliphatic heterocycles. The number of aliphatic hydroxyl groups excluding tert-OH is 1. The Morgan fingerprint density at radius 3 is 2.67 bits per heavy atom. The first-order valence-electron chi connectivity index (χ1n) is 5.39. The van der Waals surface area contributed by atoms with Gasteiger partial charge in [0.2, 0.25) is 0 Å². The lowest BCUT2D eigenvalue weighted by atomic mass is 10.1. The summed E-state index contributed by atoms with van der Waals surface area (Å²) in [4.78, 5) is 0. The number of anilines is 1. The number of halogens is 2. The quantitative estimate of drug-likeness (QED) is 0.857. The van der Waals surface area contributed by atoms with E-state index in [1.54, 1.807) is 13.0 Å². The summed E-state index contributed by atoms with van der Waals surface area (Å²) in [6.45, 7) is 1.78. The molecule has 18 heavy (non-hydrogen) atoms. The van der Waals surface area contributed by atoms with Gasteiger partial charge in [0.15, 0.2) is 9.84 Å². The Labute approximate surface area is 113 Å². The van der Waals surface area contributed by atoms with Crippen molar-refractivity contribution in [1.82, 2.24) is 0 Å². The van der Waals surface area contributed by atoms with Crippen LogP contribution in [0.2, 0.25) is 0 Å². The standard InChI is InChI=1S/C11H13BrFNO3S/c1-6-2-7(12)8(13)3-9(6)14-10-4-18(16,17)5-11(10)15/h2-3,10-11,14-15H,4-5H2,1H3. The Morgan fingerprint density at radius 2 is 2.11 bits per heavy atom. The van der Waals surface area contributed by atoms with Crippen LogP contribution in [0.3, 0.4) is 0 Å². The first-order valence-corrected chi connectivity index (χ1v) is 8.00. The van der Waals surface area contributed by atoms with Gasteiger partial charge in [0, 0.05) is 5.69 Å². The highest BCUT2D eigenvalue weighted by Gasteiger charge is 2.36. The summed E-state index contributed by atoms with van der Waals surface area (Å²) in [5, 5.41) is 12.5. The predicted molar refractivity (Wildman–Crippen MR) is 70.9 cm³/mol. The summed E-state index contributed by atoms with van der Waals surface area (Å²) in [6, 6.07) is 2.30. The molecule has 4 nitrogen and oxygen atoms in total. The highest BCUT2D eigenvalue weighted by atomic mass is 79.9. The van der Waals surface area contributed by atoms with Crippen LogP contribution in [0.1, 0.15) is 5.56 Å². The van der Waals surface area contributed by atoms with E-state index in [1.165, 1.54) is 6.07 Å². The van der Waals surface area contributed by atoms with E-state index in [1.807, 2.05) is 0 Å². The van der Waals surface area contributed by atoms with Crippen LogP contribution in [0.25, 0.3) is 0 Å². The van der Waals surface area contributed by atoms with Crippen molar-refractivity contribution in [2.75, 3.05) is 16.8 Å². The third-order valence-corrected chi connectivity index (χ3v) is 5.25. The van der Waals surface area contributed by atoms with Crippen molar-refractivity contribution in [3.8, 4) is 0 Å². The van der Waals surface area contributed by atoms with Crippen LogP contribution in [-0.4, -0.2) is 37.2 Å². The van der Waals surface area contributed by atoms with E-state index in [9.17, 15) is 17.9 Å². The lowest BCUT2D eigenvalue weighted by Crippen LogP contribution is -2.32. The molecule has 1 aromatic rings. The second-order valence-electron chi connectivity index (χ2n) is 4.48. The molecule has 1 aliphatic rings. The molecule has 2 rings (SSSR count). The zero-order valence-electron chi connectivity index (χ0n) is 9.65. The van der Waals surface area contributed by atoms with Gasteiger partial charge in [0.1, 0.15) is 5.82 Å². The Morgan fingerprint density at radius 1 is 1.44 bits per heavy atom. The minimum atomic E-state index is -3.21. The lowest BCUT2D eigenvalue weighted by Gasteiger charge is -2.18. The molecule has 7 heteroatoms. The highest BCUT2D eigenvalue weighted by Crippen LogP contribution is 2.26. The maximum Gasteiger partial charge on any atom is 0.155 e. The second kappa shape index (κ2) is 4.79. The fourth-order valence-corrected chi connectivity index (χ4v) is 4.17. The van der Waals surface area contributed by atoms with Gasteiger partial charge in [-0.1, -0.05) is 0 Å². The Kier molecular flexibility index (Phi) is 3.66. The zero-order valence-corrected chi connectivity index (χ0v) is 12.1. The van der Waals surface area contributed by atoms with Crippen molar-refractivity contribution in [2.24, 2.45) is 0 Å². The van der Waals surface area contributed by atoms with E-state index in [0.717, 1.165) is 5.56 Å². The molecule has 1 saturated heterocycles. The number of aryl methyl sites for hydroxylation is 1. The minimum absolute atomic E-state index is 0.134. The number of hydrogen-bond acceptors (Lipinski definition) is 4. The predicted octanol–water partition coefficient (Wildman–Crippen LogP) is 1.47. The molecule has 2 unspecified atom stereocenters. The maximum atomic E-state index is 13.4. The van der Waals surface area contributed by atoms with Crippen molar-refractivity contribution < 1.29 is 17.9 Å². The molecule has 2 atom stereocenters. The molecule has 1 aromatic carbocycles. The first-order chi connectivity index (χ1) is 8.28. The van der Waals surface area contributed by atoms with Crippen LogP contribution in [0, 0.1) is 12.7 Å². The fraction of sp³-hybridized carbons (Fsp3) is 0.455. The van der Waals surface area contributed by atoms with Crippen molar-refractivity contribution in [2.45, 2.75) is 19.1 Å². The average molecular weight is 338 g/mol. The number of benzene rings is 1. The van der Waals surface area contributed by atoms with Crippen LogP contribution in [0.4, 0.5) is 10.1 Å². The van der Waals surface area contributed by atoms with E-state index in [4.69, 9.17) is 0 Å². The third-order valence-electron chi connectivity index (χ3n) is 2.93. The summed E-state index contributed by atoms with van der Waals surface area (Å²) in [5.74, 6) is -0.813. The average Bonchev–Trinajstić information content (AvgIpc) is 2.48. The summed E-state index contributed by atoms with van der Waals surface area (Å²) >= 11 is 3.07. The normalized spacial score (nSPS) is 26.2. The molecule has 1 heterocycles. The molecule has 0 saturated carbocycles. The van der Waals surface area contributed by atoms with Crippen LogP contribution in [0.5, 0.6) is 0 Å². The van der Waals surface area contributed by atoms with Gasteiger partial charge >= 0.3 is 0 Å². The van der Waals surface area contributed by atoms with Crippen molar-refractivity contribution >= 4 is 31.5 Å². The molecule has 0 spiro atoms. The smallest absolute Gasteiger partial charge is 0.155 e. The van der Waals surface area contributed by atoms with Crippen LogP contribution in [-0.2, 0) is 9.84 Å². The summed E-state index contributed by atoms with van der Waals surface area (Å²) in [7, 11) is -3.21. The monoisotopic (exact) mass is 337 g/mol. The van der Waals surface area contributed by atoms with Gasteiger partial charge in [-0.25, -0.2) is 12.8 Å². The van der Waals surface area contributed by atoms with E-state index in [2.05, 4.69) is 21.2 Å². The van der Waals surface area contributed by atoms with Gasteiger partial charge in [-0.2, -0.15) is 0 Å². The Hall–Kier alpha value is -0.660. The number of hydrogen-bond donors (Lipinski definition) is 2. The van der Waals surface area contributed by atoms with Gasteiger partial charge in [-0.15, -0.1) is 0 Å². The van der Waals surface area contributed by atoms with E-state index in [0.29, 0.717) is 10.2 Å². The number of aliphatic hydroxyl groups is 1. The van der Waals surface area contributed by atoms with E-state index >= 15 is 0 Å². The van der Waals surface area contributed by atoms with Crippen LogP contribution in [0.15, 0.2) is 16.6 Å². The minimum Gasteiger partial charge on any atom is -0.390 e. The summed E-state index contributed by atoms with van der Waals surface area (Å²) in [6.07, 6.45) is -0.957. The molecular formula is C11H13BrFNO3S. The molecule has 100 valence electrons. The Balaban J connectivity index is 2.23. The van der Waals surface area contributed by atoms with Crippen molar-refractivity contribution in [3.05, 3.63) is 28.0 Å². The molecule has 2 N–H and O–H groups in total. The van der Waals surface area contributed by atoms with Gasteiger partial charge in [0.05, 0.1) is 28.1 Å². The van der Waals surface area contributed by atoms with E-state index < -0.39 is 27.8 Å². The topological polar surface area (TPSA) is 66.4 Å². The van der Waals surface area contributed by atoms with E-state index in [-0.39, 0.29) is 11.5 Å². The number of nitrogens with one attached hydrogen (secondary N) is 1. The SMILES string of the molecule is Cc1cc(Br)c(F)cc1NC1CS(=O)(=O)CC1O. The van der Waals surface area contributed by atoms with Gasteiger partial charge < -0.3 is 10.4 Å². The van der Waals surface area contributed by atoms with Crippen LogP contribution >= 0.6 is 15.9 Å². The zero-order chi connectivity index (χ0) is 13.5. The van der Waals surface area contributed by atoms with Crippen LogP contribution < -0.4 is 5.32 Å². The molecule has 0 bridgehead atoms. The molecule has 0 aromatic heterocycles. The fourth-order valence-electron chi connectivity index (χ4n) is 1.97. The van der Waals surface area contributed by atoms with Gasteiger partial charge in [0.25, 0.3) is 0 Å². The third kappa shape index (κ3) is 2.84. The summed E-state index contributed by atoms with van der Waals surface area (Å²) < 4.78 is 36.5. The van der Waals surface area contributed by atoms with Gasteiger partial charge in [-0.05, 0) is 40.5 Å².